The van der Waals surface area contributed by atoms with E-state index in [0.29, 0.717) is 22.6 Å². The van der Waals surface area contributed by atoms with E-state index in [0.717, 1.165) is 0 Å². The topological polar surface area (TPSA) is 76.7 Å². The van der Waals surface area contributed by atoms with E-state index < -0.39 is 0 Å². The van der Waals surface area contributed by atoms with Crippen LogP contribution in [0.25, 0.3) is 0 Å². The molecule has 3 rings (SSSR count). The second-order valence-electron chi connectivity index (χ2n) is 6.36. The first-order chi connectivity index (χ1) is 12.5. The smallest absolute Gasteiger partial charge is 0.255 e. The first kappa shape index (κ1) is 17.8. The zero-order valence-electron chi connectivity index (χ0n) is 14.8. The average Bonchev–Trinajstić information content (AvgIpc) is 2.64. The minimum Gasteiger partial charge on any atom is -0.491 e. The fourth-order valence-corrected chi connectivity index (χ4v) is 2.68. The number of amides is 2. The standard InChI is InChI=1S/C20H22N2O4/c1-13-11-25-17-9-5-4-8-16(17)20(24)22-14(2)12-26-18-10-6-3-7-15(18)19(23)21-13/h3-10,13-14H,11-12H2,1-2H3,(H,21,23)(H,22,24). The molecular weight excluding hydrogens is 332 g/mol. The van der Waals surface area contributed by atoms with Gasteiger partial charge in [0.1, 0.15) is 24.7 Å². The zero-order chi connectivity index (χ0) is 18.5. The third kappa shape index (κ3) is 4.14. The summed E-state index contributed by atoms with van der Waals surface area (Å²) in [4.78, 5) is 25.1. The molecule has 2 N–H and O–H groups in total. The number of benzene rings is 2. The van der Waals surface area contributed by atoms with Crippen LogP contribution in [0.4, 0.5) is 0 Å². The van der Waals surface area contributed by atoms with Crippen LogP contribution >= 0.6 is 0 Å². The fraction of sp³-hybridized carbons (Fsp3) is 0.300. The minimum absolute atomic E-state index is 0.223. The molecule has 26 heavy (non-hydrogen) atoms. The van der Waals surface area contributed by atoms with Crippen LogP contribution < -0.4 is 20.1 Å². The van der Waals surface area contributed by atoms with Crippen LogP contribution in [0.15, 0.2) is 48.5 Å². The maximum Gasteiger partial charge on any atom is 0.255 e. The number of carbonyl (C=O) groups excluding carboxylic acids is 2. The van der Waals surface area contributed by atoms with Gasteiger partial charge in [0.2, 0.25) is 0 Å². The van der Waals surface area contributed by atoms with Crippen molar-refractivity contribution < 1.29 is 19.1 Å². The van der Waals surface area contributed by atoms with Crippen molar-refractivity contribution in [2.24, 2.45) is 0 Å². The normalized spacial score (nSPS) is 21.0. The molecular formula is C20H22N2O4. The molecule has 0 radical (unpaired) electrons. The van der Waals surface area contributed by atoms with Gasteiger partial charge in [-0.1, -0.05) is 24.3 Å². The van der Waals surface area contributed by atoms with Crippen molar-refractivity contribution in [1.82, 2.24) is 10.6 Å². The highest BCUT2D eigenvalue weighted by molar-refractivity contribution is 5.97. The van der Waals surface area contributed by atoms with Crippen molar-refractivity contribution in [3.63, 3.8) is 0 Å². The molecule has 1 aliphatic rings. The summed E-state index contributed by atoms with van der Waals surface area (Å²) in [5.74, 6) is 0.519. The predicted octanol–water partition coefficient (Wildman–Crippen LogP) is 2.39. The summed E-state index contributed by atoms with van der Waals surface area (Å²) in [7, 11) is 0. The first-order valence-electron chi connectivity index (χ1n) is 8.60. The second-order valence-corrected chi connectivity index (χ2v) is 6.36. The molecule has 2 amide bonds. The van der Waals surface area contributed by atoms with Crippen molar-refractivity contribution in [2.45, 2.75) is 25.9 Å². The van der Waals surface area contributed by atoms with Gasteiger partial charge in [0.05, 0.1) is 23.2 Å². The van der Waals surface area contributed by atoms with Crippen LogP contribution in [-0.4, -0.2) is 37.1 Å². The van der Waals surface area contributed by atoms with E-state index >= 15 is 0 Å². The summed E-state index contributed by atoms with van der Waals surface area (Å²) in [5.41, 5.74) is 0.908. The SMILES string of the molecule is CC1COc2ccccc2C(=O)NC(C)COc2ccccc2C(=O)N1. The van der Waals surface area contributed by atoms with Gasteiger partial charge in [-0.3, -0.25) is 9.59 Å². The van der Waals surface area contributed by atoms with Crippen LogP contribution in [0, 0.1) is 0 Å². The van der Waals surface area contributed by atoms with Gasteiger partial charge in [0.25, 0.3) is 11.8 Å². The third-order valence-electron chi connectivity index (χ3n) is 4.00. The maximum absolute atomic E-state index is 12.5. The summed E-state index contributed by atoms with van der Waals surface area (Å²) in [6.07, 6.45) is 0. The fourth-order valence-electron chi connectivity index (χ4n) is 2.68. The zero-order valence-corrected chi connectivity index (χ0v) is 14.8. The lowest BCUT2D eigenvalue weighted by atomic mass is 10.1. The highest BCUT2D eigenvalue weighted by Gasteiger charge is 2.19. The van der Waals surface area contributed by atoms with Gasteiger partial charge in [-0.05, 0) is 38.1 Å². The quantitative estimate of drug-likeness (QED) is 0.762. The van der Waals surface area contributed by atoms with Crippen molar-refractivity contribution in [1.29, 1.82) is 0 Å². The van der Waals surface area contributed by atoms with E-state index in [1.807, 2.05) is 13.8 Å². The van der Waals surface area contributed by atoms with E-state index in [2.05, 4.69) is 10.6 Å². The predicted molar refractivity (Wildman–Crippen MR) is 97.7 cm³/mol. The van der Waals surface area contributed by atoms with Crippen molar-refractivity contribution in [3.05, 3.63) is 59.7 Å². The Morgan fingerprint density at radius 1 is 0.731 bits per heavy atom. The maximum atomic E-state index is 12.5. The molecule has 6 nitrogen and oxygen atoms in total. The van der Waals surface area contributed by atoms with Gasteiger partial charge in [0.15, 0.2) is 0 Å². The molecule has 0 saturated heterocycles. The number of ether oxygens (including phenoxy) is 2. The second kappa shape index (κ2) is 7.91. The van der Waals surface area contributed by atoms with Crippen LogP contribution in [0.3, 0.4) is 0 Å². The summed E-state index contributed by atoms with van der Waals surface area (Å²) < 4.78 is 11.6. The number of nitrogens with one attached hydrogen (secondary N) is 2. The lowest BCUT2D eigenvalue weighted by Gasteiger charge is -2.21. The Labute approximate surface area is 152 Å². The average molecular weight is 354 g/mol. The molecule has 0 fully saturated rings. The minimum atomic E-state index is -0.242. The molecule has 2 atom stereocenters. The Balaban J connectivity index is 1.89. The number of para-hydroxylation sites is 2. The Kier molecular flexibility index (Phi) is 5.41. The lowest BCUT2D eigenvalue weighted by Crippen LogP contribution is -2.39. The van der Waals surface area contributed by atoms with Crippen molar-refractivity contribution in [2.75, 3.05) is 13.2 Å². The molecule has 0 spiro atoms. The largest absolute Gasteiger partial charge is 0.491 e. The Morgan fingerprint density at radius 3 is 1.54 bits per heavy atom. The Morgan fingerprint density at radius 2 is 1.12 bits per heavy atom. The van der Waals surface area contributed by atoms with Crippen molar-refractivity contribution in [3.8, 4) is 11.5 Å². The molecule has 0 saturated carbocycles. The Hall–Kier alpha value is -3.02. The van der Waals surface area contributed by atoms with Gasteiger partial charge < -0.3 is 20.1 Å². The highest BCUT2D eigenvalue weighted by atomic mass is 16.5. The third-order valence-corrected chi connectivity index (χ3v) is 4.00. The van der Waals surface area contributed by atoms with E-state index in [-0.39, 0.29) is 37.1 Å². The summed E-state index contributed by atoms with van der Waals surface area (Å²) in [6.45, 7) is 4.18. The van der Waals surface area contributed by atoms with Gasteiger partial charge >= 0.3 is 0 Å². The van der Waals surface area contributed by atoms with E-state index in [9.17, 15) is 9.59 Å². The summed E-state index contributed by atoms with van der Waals surface area (Å²) >= 11 is 0. The van der Waals surface area contributed by atoms with E-state index in [1.54, 1.807) is 48.5 Å². The van der Waals surface area contributed by atoms with Crippen LogP contribution in [-0.2, 0) is 0 Å². The molecule has 6 heteroatoms. The molecule has 2 aromatic carbocycles. The number of hydrogen-bond donors (Lipinski definition) is 2. The summed E-state index contributed by atoms with van der Waals surface area (Å²) in [6, 6.07) is 13.6. The van der Waals surface area contributed by atoms with Crippen molar-refractivity contribution >= 4 is 11.8 Å². The van der Waals surface area contributed by atoms with E-state index in [1.165, 1.54) is 0 Å². The molecule has 1 heterocycles. The number of hydrogen-bond acceptors (Lipinski definition) is 4. The van der Waals surface area contributed by atoms with Gasteiger partial charge in [-0.2, -0.15) is 0 Å². The van der Waals surface area contributed by atoms with Crippen LogP contribution in [0.5, 0.6) is 11.5 Å². The van der Waals surface area contributed by atoms with Gasteiger partial charge in [-0.15, -0.1) is 0 Å². The Bertz CT molecular complexity index is 738. The monoisotopic (exact) mass is 354 g/mol. The molecule has 0 aromatic heterocycles. The molecule has 1 aliphatic heterocycles. The van der Waals surface area contributed by atoms with Gasteiger partial charge in [0, 0.05) is 0 Å². The molecule has 2 aromatic rings. The first-order valence-corrected chi connectivity index (χ1v) is 8.60. The highest BCUT2D eigenvalue weighted by Crippen LogP contribution is 2.20. The molecule has 0 aliphatic carbocycles. The lowest BCUT2D eigenvalue weighted by molar-refractivity contribution is 0.0894. The van der Waals surface area contributed by atoms with Crippen LogP contribution in [0.2, 0.25) is 0 Å². The molecule has 136 valence electrons. The summed E-state index contributed by atoms with van der Waals surface area (Å²) in [5, 5.41) is 5.80. The number of carbonyl (C=O) groups is 2. The van der Waals surface area contributed by atoms with Gasteiger partial charge in [-0.25, -0.2) is 0 Å². The number of rotatable bonds is 0. The number of fused-ring (bicyclic) bond motifs is 2. The van der Waals surface area contributed by atoms with Crippen LogP contribution in [0.1, 0.15) is 34.6 Å². The van der Waals surface area contributed by atoms with E-state index in [4.69, 9.17) is 9.47 Å². The molecule has 0 bridgehead atoms. The molecule has 2 unspecified atom stereocenters.